The summed E-state index contributed by atoms with van der Waals surface area (Å²) in [6, 6.07) is 14.9. The van der Waals surface area contributed by atoms with Crippen molar-refractivity contribution in [2.24, 2.45) is 0 Å². The van der Waals surface area contributed by atoms with Crippen LogP contribution in [0.25, 0.3) is 10.9 Å². The highest BCUT2D eigenvalue weighted by Crippen LogP contribution is 2.27. The van der Waals surface area contributed by atoms with Crippen LogP contribution in [-0.2, 0) is 14.8 Å². The first kappa shape index (κ1) is 23.7. The Kier molecular flexibility index (Phi) is 6.48. The second kappa shape index (κ2) is 9.56. The highest BCUT2D eigenvalue weighted by molar-refractivity contribution is 7.89. The van der Waals surface area contributed by atoms with Crippen molar-refractivity contribution >= 4 is 32.7 Å². The lowest BCUT2D eigenvalue weighted by molar-refractivity contribution is 0.0304. The van der Waals surface area contributed by atoms with Crippen molar-refractivity contribution in [3.8, 4) is 0 Å². The maximum atomic E-state index is 13.4. The standard InChI is InChI=1S/C26H30N4O4S/c1-19-7-8-24(20(2)17-19)35(32,33)30-11-9-28(10-12-30)25-18-22(21-5-3-4-6-23(21)27-25)26(31)29-13-15-34-16-14-29/h3-8,17-18H,9-16H2,1-2H3. The molecule has 0 aliphatic carbocycles. The van der Waals surface area contributed by atoms with Gasteiger partial charge in [-0.2, -0.15) is 4.31 Å². The summed E-state index contributed by atoms with van der Waals surface area (Å²) in [5.41, 5.74) is 3.18. The highest BCUT2D eigenvalue weighted by atomic mass is 32.2. The summed E-state index contributed by atoms with van der Waals surface area (Å²) >= 11 is 0. The van der Waals surface area contributed by atoms with Crippen molar-refractivity contribution < 1.29 is 17.9 Å². The minimum Gasteiger partial charge on any atom is -0.378 e. The van der Waals surface area contributed by atoms with Crippen LogP contribution in [0.4, 0.5) is 5.82 Å². The van der Waals surface area contributed by atoms with Crippen LogP contribution in [0, 0.1) is 13.8 Å². The smallest absolute Gasteiger partial charge is 0.254 e. The Morgan fingerprint density at radius 1 is 0.914 bits per heavy atom. The Bertz CT molecular complexity index is 1360. The second-order valence-corrected chi connectivity index (χ2v) is 11.0. The number of rotatable bonds is 4. The number of anilines is 1. The number of hydrogen-bond acceptors (Lipinski definition) is 6. The number of fused-ring (bicyclic) bond motifs is 1. The molecular formula is C26H30N4O4S. The number of pyridine rings is 1. The first-order chi connectivity index (χ1) is 16.8. The predicted molar refractivity (Wildman–Crippen MR) is 135 cm³/mol. The average molecular weight is 495 g/mol. The van der Waals surface area contributed by atoms with Gasteiger partial charge in [-0.05, 0) is 37.6 Å². The van der Waals surface area contributed by atoms with Gasteiger partial charge in [-0.15, -0.1) is 0 Å². The fraction of sp³-hybridized carbons (Fsp3) is 0.385. The number of ether oxygens (including phenoxy) is 1. The molecule has 0 radical (unpaired) electrons. The van der Waals surface area contributed by atoms with Gasteiger partial charge in [0.1, 0.15) is 5.82 Å². The fourth-order valence-corrected chi connectivity index (χ4v) is 6.45. The van der Waals surface area contributed by atoms with E-state index < -0.39 is 10.0 Å². The number of para-hydroxylation sites is 1. The summed E-state index contributed by atoms with van der Waals surface area (Å²) in [4.78, 5) is 22.4. The van der Waals surface area contributed by atoms with Crippen LogP contribution in [0.15, 0.2) is 53.4 Å². The molecule has 1 amide bonds. The molecule has 0 atom stereocenters. The first-order valence-corrected chi connectivity index (χ1v) is 13.4. The van der Waals surface area contributed by atoms with Gasteiger partial charge in [0, 0.05) is 44.7 Å². The number of sulfonamides is 1. The molecule has 2 aliphatic rings. The third-order valence-corrected chi connectivity index (χ3v) is 8.80. The van der Waals surface area contributed by atoms with Gasteiger partial charge in [0.2, 0.25) is 10.0 Å². The number of piperazine rings is 1. The first-order valence-electron chi connectivity index (χ1n) is 11.9. The Labute approximate surface area is 206 Å². The summed E-state index contributed by atoms with van der Waals surface area (Å²) in [7, 11) is -3.57. The fourth-order valence-electron chi connectivity index (χ4n) is 4.82. The molecule has 0 unspecified atom stereocenters. The zero-order chi connectivity index (χ0) is 24.6. The van der Waals surface area contributed by atoms with E-state index in [-0.39, 0.29) is 5.91 Å². The summed E-state index contributed by atoms with van der Waals surface area (Å²) in [6.45, 7) is 7.73. The number of aryl methyl sites for hydroxylation is 2. The summed E-state index contributed by atoms with van der Waals surface area (Å²) in [6.07, 6.45) is 0. The van der Waals surface area contributed by atoms with Gasteiger partial charge in [-0.1, -0.05) is 35.9 Å². The Morgan fingerprint density at radius 3 is 2.34 bits per heavy atom. The molecule has 2 aliphatic heterocycles. The van der Waals surface area contributed by atoms with E-state index in [9.17, 15) is 13.2 Å². The number of nitrogens with zero attached hydrogens (tertiary/aromatic N) is 4. The molecular weight excluding hydrogens is 464 g/mol. The van der Waals surface area contributed by atoms with Gasteiger partial charge in [-0.25, -0.2) is 13.4 Å². The van der Waals surface area contributed by atoms with E-state index in [1.165, 1.54) is 0 Å². The normalized spacial score (nSPS) is 17.7. The summed E-state index contributed by atoms with van der Waals surface area (Å²) < 4.78 is 33.5. The molecule has 2 fully saturated rings. The van der Waals surface area contributed by atoms with E-state index in [1.54, 1.807) is 10.4 Å². The SMILES string of the molecule is Cc1ccc(S(=O)(=O)N2CCN(c3cc(C(=O)N4CCOCC4)c4ccccc4n3)CC2)c(C)c1. The lowest BCUT2D eigenvalue weighted by Crippen LogP contribution is -2.49. The quantitative estimate of drug-likeness (QED) is 0.555. The molecule has 2 saturated heterocycles. The maximum Gasteiger partial charge on any atom is 0.254 e. The number of amides is 1. The molecule has 35 heavy (non-hydrogen) atoms. The monoisotopic (exact) mass is 494 g/mol. The zero-order valence-corrected chi connectivity index (χ0v) is 20.9. The van der Waals surface area contributed by atoms with E-state index in [0.29, 0.717) is 68.8 Å². The molecule has 2 aromatic carbocycles. The molecule has 3 heterocycles. The molecule has 184 valence electrons. The summed E-state index contributed by atoms with van der Waals surface area (Å²) in [5.74, 6) is 0.674. The van der Waals surface area contributed by atoms with Crippen LogP contribution >= 0.6 is 0 Å². The van der Waals surface area contributed by atoms with Crippen LogP contribution in [0.5, 0.6) is 0 Å². The van der Waals surface area contributed by atoms with Crippen LogP contribution in [0.2, 0.25) is 0 Å². The molecule has 9 heteroatoms. The van der Waals surface area contributed by atoms with Crippen LogP contribution in [0.1, 0.15) is 21.5 Å². The third kappa shape index (κ3) is 4.63. The van der Waals surface area contributed by atoms with Gasteiger partial charge in [0.25, 0.3) is 5.91 Å². The van der Waals surface area contributed by atoms with Gasteiger partial charge in [0.15, 0.2) is 0 Å². The molecule has 0 bridgehead atoms. The number of carbonyl (C=O) groups is 1. The minimum absolute atomic E-state index is 0.0239. The van der Waals surface area contributed by atoms with Crippen molar-refractivity contribution in [1.82, 2.24) is 14.2 Å². The zero-order valence-electron chi connectivity index (χ0n) is 20.1. The van der Waals surface area contributed by atoms with Crippen molar-refractivity contribution in [1.29, 1.82) is 0 Å². The second-order valence-electron chi connectivity index (χ2n) is 9.11. The number of benzene rings is 2. The van der Waals surface area contributed by atoms with E-state index in [2.05, 4.69) is 4.90 Å². The minimum atomic E-state index is -3.57. The van der Waals surface area contributed by atoms with Gasteiger partial charge in [-0.3, -0.25) is 4.79 Å². The van der Waals surface area contributed by atoms with Crippen LogP contribution in [-0.4, -0.2) is 81.0 Å². The van der Waals surface area contributed by atoms with Crippen molar-refractivity contribution in [3.63, 3.8) is 0 Å². The Balaban J connectivity index is 1.39. The highest BCUT2D eigenvalue weighted by Gasteiger charge is 2.31. The molecule has 8 nitrogen and oxygen atoms in total. The molecule has 0 saturated carbocycles. The number of aromatic nitrogens is 1. The van der Waals surface area contributed by atoms with Crippen LogP contribution in [0.3, 0.4) is 0 Å². The molecule has 3 aromatic rings. The molecule has 0 spiro atoms. The van der Waals surface area contributed by atoms with Crippen molar-refractivity contribution in [2.75, 3.05) is 57.4 Å². The van der Waals surface area contributed by atoms with Crippen LogP contribution < -0.4 is 4.90 Å². The molecule has 0 N–H and O–H groups in total. The van der Waals surface area contributed by atoms with E-state index >= 15 is 0 Å². The van der Waals surface area contributed by atoms with Gasteiger partial charge < -0.3 is 14.5 Å². The number of carbonyl (C=O) groups excluding carboxylic acids is 1. The molecule has 5 rings (SSSR count). The number of morpholine rings is 1. The topological polar surface area (TPSA) is 83.1 Å². The van der Waals surface area contributed by atoms with Crippen molar-refractivity contribution in [2.45, 2.75) is 18.7 Å². The third-order valence-electron chi connectivity index (χ3n) is 6.74. The Hall–Kier alpha value is -3.01. The number of hydrogen-bond donors (Lipinski definition) is 0. The summed E-state index contributed by atoms with van der Waals surface area (Å²) in [5, 5.41) is 0.823. The van der Waals surface area contributed by atoms with Gasteiger partial charge >= 0.3 is 0 Å². The lowest BCUT2D eigenvalue weighted by Gasteiger charge is -2.35. The largest absolute Gasteiger partial charge is 0.378 e. The van der Waals surface area contributed by atoms with Crippen molar-refractivity contribution in [3.05, 3.63) is 65.2 Å². The van der Waals surface area contributed by atoms with E-state index in [4.69, 9.17) is 9.72 Å². The van der Waals surface area contributed by atoms with Gasteiger partial charge in [0.05, 0.1) is 29.2 Å². The predicted octanol–water partition coefficient (Wildman–Crippen LogP) is 2.83. The van der Waals surface area contributed by atoms with E-state index in [1.807, 2.05) is 61.2 Å². The Morgan fingerprint density at radius 2 is 1.63 bits per heavy atom. The molecule has 1 aromatic heterocycles. The average Bonchev–Trinajstić information content (AvgIpc) is 2.88. The lowest BCUT2D eigenvalue weighted by atomic mass is 10.1. The van der Waals surface area contributed by atoms with E-state index in [0.717, 1.165) is 22.0 Å². The maximum absolute atomic E-state index is 13.4.